The Morgan fingerprint density at radius 2 is 1.60 bits per heavy atom. The van der Waals surface area contributed by atoms with Crippen LogP contribution in [0.25, 0.3) is 0 Å². The number of hydrogen-bond acceptors (Lipinski definition) is 3. The summed E-state index contributed by atoms with van der Waals surface area (Å²) in [6, 6.07) is 19.8. The molecule has 0 aliphatic carbocycles. The van der Waals surface area contributed by atoms with Crippen molar-refractivity contribution in [1.82, 2.24) is 5.32 Å². The van der Waals surface area contributed by atoms with Gasteiger partial charge >= 0.3 is 6.03 Å². The number of rotatable bonds is 7. The van der Waals surface area contributed by atoms with Gasteiger partial charge in [-0.1, -0.05) is 54.9 Å². The summed E-state index contributed by atoms with van der Waals surface area (Å²) in [5.74, 6) is -0.112. The minimum Gasteiger partial charge on any atom is -0.354 e. The van der Waals surface area contributed by atoms with Gasteiger partial charge in [0.05, 0.1) is 16.4 Å². The van der Waals surface area contributed by atoms with Crippen molar-refractivity contribution in [2.24, 2.45) is 0 Å². The highest BCUT2D eigenvalue weighted by Gasteiger charge is 2.15. The van der Waals surface area contributed by atoms with Crippen molar-refractivity contribution in [3.05, 3.63) is 88.4 Å². The fraction of sp³-hybridized carbons (Fsp3) is 0.167. The maximum Gasteiger partial charge on any atom is 0.319 e. The first-order valence-corrected chi connectivity index (χ1v) is 10.2. The minimum absolute atomic E-state index is 0.112. The topological polar surface area (TPSA) is 70.2 Å². The zero-order valence-corrected chi connectivity index (χ0v) is 17.7. The number of ketones is 1. The van der Waals surface area contributed by atoms with Gasteiger partial charge in [0.25, 0.3) is 0 Å². The maximum absolute atomic E-state index is 12.9. The Kier molecular flexibility index (Phi) is 7.09. The Morgan fingerprint density at radius 1 is 0.900 bits per heavy atom. The van der Waals surface area contributed by atoms with E-state index in [1.807, 2.05) is 56.3 Å². The average molecular weight is 422 g/mol. The number of urea groups is 1. The molecule has 0 saturated heterocycles. The lowest BCUT2D eigenvalue weighted by atomic mass is 9.99. The van der Waals surface area contributed by atoms with Crippen molar-refractivity contribution in [2.45, 2.75) is 20.3 Å². The van der Waals surface area contributed by atoms with Crippen molar-refractivity contribution in [1.29, 1.82) is 0 Å². The van der Waals surface area contributed by atoms with Gasteiger partial charge in [-0.15, -0.1) is 0 Å². The molecular formula is C24H24ClN3O2. The average Bonchev–Trinajstić information content (AvgIpc) is 2.74. The summed E-state index contributed by atoms with van der Waals surface area (Å²) in [7, 11) is 0. The Morgan fingerprint density at radius 3 is 2.30 bits per heavy atom. The van der Waals surface area contributed by atoms with E-state index < -0.39 is 0 Å². The molecule has 30 heavy (non-hydrogen) atoms. The minimum atomic E-state index is -0.261. The van der Waals surface area contributed by atoms with E-state index in [4.69, 9.17) is 11.6 Å². The van der Waals surface area contributed by atoms with Gasteiger partial charge in [-0.3, -0.25) is 4.79 Å². The zero-order chi connectivity index (χ0) is 21.5. The molecule has 0 atom stereocenters. The van der Waals surface area contributed by atoms with Crippen LogP contribution in [0, 0.1) is 6.92 Å². The van der Waals surface area contributed by atoms with E-state index >= 15 is 0 Å². The molecule has 3 N–H and O–H groups in total. The second-order valence-electron chi connectivity index (χ2n) is 6.89. The van der Waals surface area contributed by atoms with Gasteiger partial charge in [0.15, 0.2) is 5.78 Å². The van der Waals surface area contributed by atoms with Crippen LogP contribution in [-0.4, -0.2) is 18.4 Å². The maximum atomic E-state index is 12.9. The quantitative estimate of drug-likeness (QED) is 0.400. The molecule has 0 fully saturated rings. The van der Waals surface area contributed by atoms with Crippen LogP contribution in [0.2, 0.25) is 5.02 Å². The number of aryl methyl sites for hydroxylation is 1. The van der Waals surface area contributed by atoms with Crippen molar-refractivity contribution in [3.63, 3.8) is 0 Å². The Labute approximate surface area is 181 Å². The highest BCUT2D eigenvalue weighted by Crippen LogP contribution is 2.29. The summed E-state index contributed by atoms with van der Waals surface area (Å²) in [5.41, 5.74) is 4.06. The first kappa shape index (κ1) is 21.4. The molecule has 154 valence electrons. The van der Waals surface area contributed by atoms with Crippen molar-refractivity contribution >= 4 is 40.5 Å². The van der Waals surface area contributed by atoms with Crippen LogP contribution in [-0.2, 0) is 0 Å². The fourth-order valence-electron chi connectivity index (χ4n) is 3.01. The van der Waals surface area contributed by atoms with E-state index in [2.05, 4.69) is 16.0 Å². The molecule has 0 aliphatic rings. The van der Waals surface area contributed by atoms with Crippen molar-refractivity contribution in [2.75, 3.05) is 17.2 Å². The smallest absolute Gasteiger partial charge is 0.319 e. The normalized spacial score (nSPS) is 10.4. The zero-order valence-electron chi connectivity index (χ0n) is 17.0. The van der Waals surface area contributed by atoms with Crippen LogP contribution >= 0.6 is 11.6 Å². The second kappa shape index (κ2) is 9.94. The van der Waals surface area contributed by atoms with Crippen LogP contribution in [0.1, 0.15) is 34.8 Å². The van der Waals surface area contributed by atoms with E-state index in [1.165, 1.54) is 0 Å². The molecule has 2 amide bonds. The van der Waals surface area contributed by atoms with Gasteiger partial charge in [-0.05, 0) is 49.2 Å². The molecule has 3 rings (SSSR count). The number of anilines is 3. The van der Waals surface area contributed by atoms with Crippen LogP contribution in [0.15, 0.2) is 66.7 Å². The summed E-state index contributed by atoms with van der Waals surface area (Å²) in [4.78, 5) is 24.9. The molecule has 3 aromatic carbocycles. The van der Waals surface area contributed by atoms with Gasteiger partial charge in [0.2, 0.25) is 0 Å². The summed E-state index contributed by atoms with van der Waals surface area (Å²) < 4.78 is 0. The van der Waals surface area contributed by atoms with Gasteiger partial charge in [-0.25, -0.2) is 4.79 Å². The summed E-state index contributed by atoms with van der Waals surface area (Å²) in [5, 5.41) is 9.24. The third-order valence-corrected chi connectivity index (χ3v) is 4.91. The summed E-state index contributed by atoms with van der Waals surface area (Å²) in [6.45, 7) is 4.50. The SMILES string of the molecule is CCCNC(=O)Nc1ccccc1Nc1ccc(C(=O)c2ccccc2C)c(Cl)c1. The molecule has 0 radical (unpaired) electrons. The standard InChI is InChI=1S/C24H24ClN3O2/c1-3-14-26-24(30)28-22-11-7-6-10-21(22)27-17-12-13-19(20(25)15-17)23(29)18-9-5-4-8-16(18)2/h4-13,15,27H,3,14H2,1-2H3,(H2,26,28,30). The Balaban J connectivity index is 1.79. The lowest BCUT2D eigenvalue weighted by Gasteiger charge is -2.14. The molecule has 0 bridgehead atoms. The number of carbonyl (C=O) groups is 2. The van der Waals surface area contributed by atoms with E-state index in [0.29, 0.717) is 34.1 Å². The lowest BCUT2D eigenvalue weighted by Crippen LogP contribution is -2.29. The first-order chi connectivity index (χ1) is 14.5. The summed E-state index contributed by atoms with van der Waals surface area (Å²) in [6.07, 6.45) is 0.861. The third-order valence-electron chi connectivity index (χ3n) is 4.59. The molecular weight excluding hydrogens is 398 g/mol. The molecule has 0 spiro atoms. The van der Waals surface area contributed by atoms with Gasteiger partial charge in [0.1, 0.15) is 0 Å². The van der Waals surface area contributed by atoms with Gasteiger partial charge < -0.3 is 16.0 Å². The van der Waals surface area contributed by atoms with Gasteiger partial charge in [0, 0.05) is 23.4 Å². The first-order valence-electron chi connectivity index (χ1n) is 9.80. The van der Waals surface area contributed by atoms with Crippen LogP contribution < -0.4 is 16.0 Å². The molecule has 0 aromatic heterocycles. The molecule has 0 aliphatic heterocycles. The van der Waals surface area contributed by atoms with Crippen LogP contribution in [0.5, 0.6) is 0 Å². The predicted molar refractivity (Wildman–Crippen MR) is 123 cm³/mol. The Hall–Kier alpha value is -3.31. The number of carbonyl (C=O) groups excluding carboxylic acids is 2. The number of nitrogens with one attached hydrogen (secondary N) is 3. The Bertz CT molecular complexity index is 1070. The third kappa shape index (κ3) is 5.19. The molecule has 5 nitrogen and oxygen atoms in total. The van der Waals surface area contributed by atoms with Crippen molar-refractivity contribution in [3.8, 4) is 0 Å². The number of benzene rings is 3. The van der Waals surface area contributed by atoms with E-state index in [0.717, 1.165) is 17.7 Å². The lowest BCUT2D eigenvalue weighted by molar-refractivity contribution is 0.103. The molecule has 0 heterocycles. The molecule has 6 heteroatoms. The van der Waals surface area contributed by atoms with E-state index in [-0.39, 0.29) is 11.8 Å². The highest BCUT2D eigenvalue weighted by molar-refractivity contribution is 6.35. The molecule has 3 aromatic rings. The monoisotopic (exact) mass is 421 g/mol. The second-order valence-corrected chi connectivity index (χ2v) is 7.30. The van der Waals surface area contributed by atoms with Crippen molar-refractivity contribution < 1.29 is 9.59 Å². The molecule has 0 saturated carbocycles. The molecule has 0 unspecified atom stereocenters. The predicted octanol–water partition coefficient (Wildman–Crippen LogP) is 6.15. The van der Waals surface area contributed by atoms with E-state index in [9.17, 15) is 9.59 Å². The number of halogens is 1. The van der Waals surface area contributed by atoms with Gasteiger partial charge in [-0.2, -0.15) is 0 Å². The van der Waals surface area contributed by atoms with Crippen LogP contribution in [0.4, 0.5) is 21.9 Å². The van der Waals surface area contributed by atoms with Crippen LogP contribution in [0.3, 0.4) is 0 Å². The summed E-state index contributed by atoms with van der Waals surface area (Å²) >= 11 is 6.43. The largest absolute Gasteiger partial charge is 0.354 e. The number of para-hydroxylation sites is 2. The number of amides is 2. The highest BCUT2D eigenvalue weighted by atomic mass is 35.5. The van der Waals surface area contributed by atoms with E-state index in [1.54, 1.807) is 24.3 Å². The fourth-order valence-corrected chi connectivity index (χ4v) is 3.28. The number of hydrogen-bond donors (Lipinski definition) is 3.